The van der Waals surface area contributed by atoms with Gasteiger partial charge in [-0.3, -0.25) is 14.5 Å². The van der Waals surface area contributed by atoms with Gasteiger partial charge in [-0.05, 0) is 24.5 Å². The van der Waals surface area contributed by atoms with Crippen molar-refractivity contribution in [1.29, 1.82) is 0 Å². The second kappa shape index (κ2) is 7.85. The summed E-state index contributed by atoms with van der Waals surface area (Å²) in [6, 6.07) is 5.52. The SMILES string of the molecule is CC1(C)COC(=O)[C@@H]1OC(=O)[C@H](CC1CCCCC1)N1C(=O)c2ccccc2C1=O. The van der Waals surface area contributed by atoms with Gasteiger partial charge in [0.1, 0.15) is 12.6 Å². The number of fused-ring (bicyclic) bond motifs is 1. The Labute approximate surface area is 175 Å². The van der Waals surface area contributed by atoms with Gasteiger partial charge in [-0.15, -0.1) is 0 Å². The van der Waals surface area contributed by atoms with Crippen molar-refractivity contribution in [2.75, 3.05) is 6.61 Å². The van der Waals surface area contributed by atoms with Crippen molar-refractivity contribution in [1.82, 2.24) is 4.90 Å². The van der Waals surface area contributed by atoms with Crippen LogP contribution in [0.15, 0.2) is 24.3 Å². The second-order valence-corrected chi connectivity index (χ2v) is 9.19. The molecule has 1 saturated carbocycles. The molecule has 2 fully saturated rings. The fraction of sp³-hybridized carbons (Fsp3) is 0.565. The molecule has 0 N–H and O–H groups in total. The first-order chi connectivity index (χ1) is 14.3. The van der Waals surface area contributed by atoms with E-state index in [0.29, 0.717) is 17.5 Å². The number of imide groups is 1. The average Bonchev–Trinajstić information content (AvgIpc) is 3.14. The number of amides is 2. The lowest BCUT2D eigenvalue weighted by atomic mass is 9.84. The minimum absolute atomic E-state index is 0.157. The molecule has 1 saturated heterocycles. The van der Waals surface area contributed by atoms with Crippen molar-refractivity contribution >= 4 is 23.8 Å². The summed E-state index contributed by atoms with van der Waals surface area (Å²) in [5.41, 5.74) is -0.0708. The fourth-order valence-electron chi connectivity index (χ4n) is 4.67. The molecule has 0 bridgehead atoms. The Balaban J connectivity index is 1.61. The van der Waals surface area contributed by atoms with Crippen LogP contribution in [0.5, 0.6) is 0 Å². The van der Waals surface area contributed by atoms with Gasteiger partial charge in [-0.25, -0.2) is 9.59 Å². The van der Waals surface area contributed by atoms with Crippen LogP contribution in [0.4, 0.5) is 0 Å². The summed E-state index contributed by atoms with van der Waals surface area (Å²) in [4.78, 5) is 52.5. The highest BCUT2D eigenvalue weighted by molar-refractivity contribution is 6.22. The zero-order valence-electron chi connectivity index (χ0n) is 17.4. The molecule has 0 radical (unpaired) electrons. The van der Waals surface area contributed by atoms with E-state index < -0.39 is 41.3 Å². The molecule has 1 aromatic rings. The third kappa shape index (κ3) is 3.61. The zero-order chi connectivity index (χ0) is 21.5. The lowest BCUT2D eigenvalue weighted by Crippen LogP contribution is -2.49. The first-order valence-electron chi connectivity index (χ1n) is 10.6. The maximum atomic E-state index is 13.3. The van der Waals surface area contributed by atoms with Gasteiger partial charge in [0, 0.05) is 5.41 Å². The van der Waals surface area contributed by atoms with Crippen LogP contribution in [0.25, 0.3) is 0 Å². The highest BCUT2D eigenvalue weighted by Gasteiger charge is 2.50. The van der Waals surface area contributed by atoms with E-state index in [0.717, 1.165) is 37.0 Å². The molecule has 4 rings (SSSR count). The van der Waals surface area contributed by atoms with Crippen LogP contribution < -0.4 is 0 Å². The molecule has 30 heavy (non-hydrogen) atoms. The Morgan fingerprint density at radius 3 is 2.23 bits per heavy atom. The predicted molar refractivity (Wildman–Crippen MR) is 107 cm³/mol. The third-order valence-electron chi connectivity index (χ3n) is 6.43. The Bertz CT molecular complexity index is 850. The number of nitrogens with zero attached hydrogens (tertiary/aromatic N) is 1. The first kappa shape index (κ1) is 20.6. The number of cyclic esters (lactones) is 1. The molecule has 0 aromatic heterocycles. The molecule has 7 nitrogen and oxygen atoms in total. The number of carbonyl (C=O) groups excluding carboxylic acids is 4. The van der Waals surface area contributed by atoms with Crippen LogP contribution in [0.1, 0.15) is 73.1 Å². The summed E-state index contributed by atoms with van der Waals surface area (Å²) in [5, 5.41) is 0. The molecule has 3 aliphatic rings. The summed E-state index contributed by atoms with van der Waals surface area (Å²) >= 11 is 0. The van der Waals surface area contributed by atoms with E-state index in [-0.39, 0.29) is 12.5 Å². The van der Waals surface area contributed by atoms with Gasteiger partial charge >= 0.3 is 11.9 Å². The van der Waals surface area contributed by atoms with E-state index in [4.69, 9.17) is 9.47 Å². The number of hydrogen-bond donors (Lipinski definition) is 0. The quantitative estimate of drug-likeness (QED) is 0.544. The van der Waals surface area contributed by atoms with Gasteiger partial charge < -0.3 is 9.47 Å². The first-order valence-corrected chi connectivity index (χ1v) is 10.6. The molecule has 160 valence electrons. The molecular weight excluding hydrogens is 386 g/mol. The van der Waals surface area contributed by atoms with Crippen molar-refractivity contribution in [3.8, 4) is 0 Å². The Morgan fingerprint density at radius 1 is 1.10 bits per heavy atom. The van der Waals surface area contributed by atoms with Gasteiger partial charge in [0.2, 0.25) is 6.10 Å². The Kier molecular flexibility index (Phi) is 5.38. The van der Waals surface area contributed by atoms with Crippen molar-refractivity contribution < 1.29 is 28.7 Å². The molecule has 7 heteroatoms. The van der Waals surface area contributed by atoms with E-state index in [1.165, 1.54) is 0 Å². The molecule has 2 atom stereocenters. The van der Waals surface area contributed by atoms with Crippen LogP contribution >= 0.6 is 0 Å². The van der Waals surface area contributed by atoms with Crippen LogP contribution in [-0.2, 0) is 19.1 Å². The topological polar surface area (TPSA) is 90.0 Å². The molecule has 1 aliphatic carbocycles. The molecule has 0 spiro atoms. The third-order valence-corrected chi connectivity index (χ3v) is 6.43. The maximum absolute atomic E-state index is 13.3. The van der Waals surface area contributed by atoms with Crippen molar-refractivity contribution in [3.63, 3.8) is 0 Å². The highest BCUT2D eigenvalue weighted by atomic mass is 16.6. The second-order valence-electron chi connectivity index (χ2n) is 9.19. The minimum atomic E-state index is -1.05. The van der Waals surface area contributed by atoms with Gasteiger partial charge in [-0.1, -0.05) is 58.1 Å². The van der Waals surface area contributed by atoms with Gasteiger partial charge in [0.15, 0.2) is 0 Å². The van der Waals surface area contributed by atoms with Gasteiger partial charge in [-0.2, -0.15) is 0 Å². The summed E-state index contributed by atoms with van der Waals surface area (Å²) in [6.07, 6.45) is 4.49. The van der Waals surface area contributed by atoms with Crippen LogP contribution in [0.3, 0.4) is 0 Å². The van der Waals surface area contributed by atoms with E-state index in [1.54, 1.807) is 38.1 Å². The van der Waals surface area contributed by atoms with Crippen LogP contribution in [-0.4, -0.2) is 47.4 Å². The number of esters is 2. The van der Waals surface area contributed by atoms with E-state index in [1.807, 2.05) is 0 Å². The normalized spacial score (nSPS) is 24.5. The molecule has 0 unspecified atom stereocenters. The molecule has 2 aliphatic heterocycles. The zero-order valence-corrected chi connectivity index (χ0v) is 17.4. The molecule has 2 amide bonds. The van der Waals surface area contributed by atoms with E-state index in [2.05, 4.69) is 0 Å². The average molecular weight is 413 g/mol. The van der Waals surface area contributed by atoms with Crippen molar-refractivity contribution in [3.05, 3.63) is 35.4 Å². The molecule has 1 aromatic carbocycles. The summed E-state index contributed by atoms with van der Waals surface area (Å²) in [6.45, 7) is 3.73. The smallest absolute Gasteiger partial charge is 0.348 e. The van der Waals surface area contributed by atoms with Gasteiger partial charge in [0.05, 0.1) is 11.1 Å². The fourth-order valence-corrected chi connectivity index (χ4v) is 4.67. The summed E-state index contributed by atoms with van der Waals surface area (Å²) < 4.78 is 10.7. The lowest BCUT2D eigenvalue weighted by Gasteiger charge is -2.31. The predicted octanol–water partition coefficient (Wildman–Crippen LogP) is 3.12. The maximum Gasteiger partial charge on any atom is 0.348 e. The van der Waals surface area contributed by atoms with Crippen LogP contribution in [0, 0.1) is 11.3 Å². The van der Waals surface area contributed by atoms with Crippen LogP contribution in [0.2, 0.25) is 0 Å². The monoisotopic (exact) mass is 413 g/mol. The van der Waals surface area contributed by atoms with Gasteiger partial charge in [0.25, 0.3) is 11.8 Å². The lowest BCUT2D eigenvalue weighted by molar-refractivity contribution is -0.166. The number of carbonyl (C=O) groups is 4. The summed E-state index contributed by atoms with van der Waals surface area (Å²) in [7, 11) is 0. The minimum Gasteiger partial charge on any atom is -0.462 e. The number of hydrogen-bond acceptors (Lipinski definition) is 6. The van der Waals surface area contributed by atoms with E-state index in [9.17, 15) is 19.2 Å². The number of rotatable bonds is 5. The standard InChI is InChI=1S/C23H27NO6/c1-23(2)13-29-22(28)18(23)30-21(27)17(12-14-8-4-3-5-9-14)24-19(25)15-10-6-7-11-16(15)20(24)26/h6-7,10-11,14,17-18H,3-5,8-9,12-13H2,1-2H3/t17-,18-/m0/s1. The van der Waals surface area contributed by atoms with E-state index >= 15 is 0 Å². The Hall–Kier alpha value is -2.70. The van der Waals surface area contributed by atoms with Crippen molar-refractivity contribution in [2.45, 2.75) is 64.5 Å². The largest absolute Gasteiger partial charge is 0.462 e. The molecular formula is C23H27NO6. The van der Waals surface area contributed by atoms with Crippen molar-refractivity contribution in [2.24, 2.45) is 11.3 Å². The summed E-state index contributed by atoms with van der Waals surface area (Å²) in [5.74, 6) is -2.05. The Morgan fingerprint density at radius 2 is 1.70 bits per heavy atom. The number of ether oxygens (including phenoxy) is 2. The molecule has 2 heterocycles. The highest BCUT2D eigenvalue weighted by Crippen LogP contribution is 2.35. The number of benzene rings is 1.